The van der Waals surface area contributed by atoms with Crippen molar-refractivity contribution in [2.75, 3.05) is 24.7 Å². The Morgan fingerprint density at radius 1 is 1.40 bits per heavy atom. The van der Waals surface area contributed by atoms with E-state index in [1.165, 1.54) is 27.8 Å². The minimum absolute atomic E-state index is 0.0258. The van der Waals surface area contributed by atoms with Crippen LogP contribution in [0.1, 0.15) is 12.8 Å². The van der Waals surface area contributed by atoms with E-state index in [1.807, 2.05) is 0 Å². The average molecular weight is 384 g/mol. The molecule has 1 amide bonds. The number of nitrogens with one attached hydrogen (secondary N) is 1. The molecule has 134 valence electrons. The summed E-state index contributed by atoms with van der Waals surface area (Å²) in [6, 6.07) is 4.34. The van der Waals surface area contributed by atoms with Crippen LogP contribution in [0.3, 0.4) is 0 Å². The SMILES string of the molecule is CS(=O)(=O)N1CCC(C(=O)Nc2nc3ccc([N+](=O)[O-])cc3s2)CC1. The van der Waals surface area contributed by atoms with Gasteiger partial charge in [-0.05, 0) is 18.9 Å². The lowest BCUT2D eigenvalue weighted by Crippen LogP contribution is -2.40. The number of thiazole rings is 1. The lowest BCUT2D eigenvalue weighted by Gasteiger charge is -2.29. The number of benzene rings is 1. The van der Waals surface area contributed by atoms with Crippen LogP contribution >= 0.6 is 11.3 Å². The van der Waals surface area contributed by atoms with Gasteiger partial charge in [0.15, 0.2) is 5.13 Å². The van der Waals surface area contributed by atoms with Gasteiger partial charge in [-0.1, -0.05) is 11.3 Å². The third kappa shape index (κ3) is 3.94. The van der Waals surface area contributed by atoms with Gasteiger partial charge >= 0.3 is 0 Å². The molecule has 1 saturated heterocycles. The summed E-state index contributed by atoms with van der Waals surface area (Å²) in [6.07, 6.45) is 2.07. The van der Waals surface area contributed by atoms with Gasteiger partial charge in [0, 0.05) is 31.1 Å². The quantitative estimate of drug-likeness (QED) is 0.633. The molecule has 1 fully saturated rings. The predicted octanol–water partition coefficient (Wildman–Crippen LogP) is 1.81. The Morgan fingerprint density at radius 2 is 2.08 bits per heavy atom. The van der Waals surface area contributed by atoms with Crippen molar-refractivity contribution in [3.8, 4) is 0 Å². The van der Waals surface area contributed by atoms with Crippen molar-refractivity contribution in [1.29, 1.82) is 0 Å². The smallest absolute Gasteiger partial charge is 0.270 e. The summed E-state index contributed by atoms with van der Waals surface area (Å²) in [6.45, 7) is 0.645. The number of carbonyl (C=O) groups is 1. The number of hydrogen-bond donors (Lipinski definition) is 1. The van der Waals surface area contributed by atoms with Crippen LogP contribution in [0.2, 0.25) is 0 Å². The number of carbonyl (C=O) groups excluding carboxylic acids is 1. The van der Waals surface area contributed by atoms with E-state index in [9.17, 15) is 23.3 Å². The van der Waals surface area contributed by atoms with Crippen LogP contribution in [-0.2, 0) is 14.8 Å². The summed E-state index contributed by atoms with van der Waals surface area (Å²) in [7, 11) is -3.23. The molecule has 25 heavy (non-hydrogen) atoms. The van der Waals surface area contributed by atoms with Gasteiger partial charge in [-0.15, -0.1) is 0 Å². The zero-order valence-corrected chi connectivity index (χ0v) is 15.0. The molecule has 0 radical (unpaired) electrons. The molecule has 1 aromatic carbocycles. The number of non-ortho nitro benzene ring substituents is 1. The fraction of sp³-hybridized carbons (Fsp3) is 0.429. The molecule has 1 aromatic heterocycles. The van der Waals surface area contributed by atoms with Crippen molar-refractivity contribution in [2.24, 2.45) is 5.92 Å². The lowest BCUT2D eigenvalue weighted by atomic mass is 9.97. The maximum atomic E-state index is 12.4. The zero-order valence-electron chi connectivity index (χ0n) is 13.3. The maximum Gasteiger partial charge on any atom is 0.270 e. The molecule has 0 saturated carbocycles. The number of rotatable bonds is 4. The van der Waals surface area contributed by atoms with Crippen LogP contribution in [0.15, 0.2) is 18.2 Å². The van der Waals surface area contributed by atoms with Crippen molar-refractivity contribution < 1.29 is 18.1 Å². The first-order valence-electron chi connectivity index (χ1n) is 7.55. The zero-order chi connectivity index (χ0) is 18.2. The van der Waals surface area contributed by atoms with Crippen molar-refractivity contribution in [3.05, 3.63) is 28.3 Å². The highest BCUT2D eigenvalue weighted by atomic mass is 32.2. The Morgan fingerprint density at radius 3 is 2.68 bits per heavy atom. The molecule has 9 nitrogen and oxygen atoms in total. The molecule has 0 unspecified atom stereocenters. The topological polar surface area (TPSA) is 123 Å². The maximum absolute atomic E-state index is 12.4. The van der Waals surface area contributed by atoms with E-state index >= 15 is 0 Å². The van der Waals surface area contributed by atoms with Crippen molar-refractivity contribution in [1.82, 2.24) is 9.29 Å². The Hall–Kier alpha value is -2.11. The van der Waals surface area contributed by atoms with Gasteiger partial charge in [-0.2, -0.15) is 0 Å². The summed E-state index contributed by atoms with van der Waals surface area (Å²) in [5.74, 6) is -0.485. The van der Waals surface area contributed by atoms with E-state index in [2.05, 4.69) is 10.3 Å². The Labute approximate surface area is 147 Å². The molecule has 0 aliphatic carbocycles. The molecule has 1 aliphatic rings. The number of nitro groups is 1. The summed E-state index contributed by atoms with van der Waals surface area (Å²) in [5, 5.41) is 13.9. The van der Waals surface area contributed by atoms with Gasteiger partial charge in [0.05, 0.1) is 21.4 Å². The van der Waals surface area contributed by atoms with Crippen molar-refractivity contribution in [3.63, 3.8) is 0 Å². The standard InChI is InChI=1S/C14H16N4O5S2/c1-25(22,23)17-6-4-9(5-7-17)13(19)16-14-15-11-3-2-10(18(20)21)8-12(11)24-14/h2-3,8-9H,4-7H2,1H3,(H,15,16,19). The van der Waals surface area contributed by atoms with Gasteiger partial charge in [-0.3, -0.25) is 14.9 Å². The second-order valence-corrected chi connectivity index (χ2v) is 8.87. The normalized spacial score (nSPS) is 16.8. The van der Waals surface area contributed by atoms with Crippen LogP contribution in [0.5, 0.6) is 0 Å². The highest BCUT2D eigenvalue weighted by Crippen LogP contribution is 2.30. The summed E-state index contributed by atoms with van der Waals surface area (Å²) < 4.78 is 25.0. The number of nitro benzene ring substituents is 1. The van der Waals surface area contributed by atoms with E-state index in [0.29, 0.717) is 41.3 Å². The van der Waals surface area contributed by atoms with E-state index in [-0.39, 0.29) is 17.5 Å². The van der Waals surface area contributed by atoms with Gasteiger partial charge < -0.3 is 5.32 Å². The summed E-state index contributed by atoms with van der Waals surface area (Å²) >= 11 is 1.17. The third-order valence-electron chi connectivity index (χ3n) is 4.11. The molecule has 2 heterocycles. The van der Waals surface area contributed by atoms with Crippen LogP contribution in [0.4, 0.5) is 10.8 Å². The fourth-order valence-electron chi connectivity index (χ4n) is 2.74. The minimum atomic E-state index is -3.23. The van der Waals surface area contributed by atoms with E-state index in [1.54, 1.807) is 6.07 Å². The minimum Gasteiger partial charge on any atom is -0.302 e. The van der Waals surface area contributed by atoms with E-state index < -0.39 is 14.9 Å². The fourth-order valence-corrected chi connectivity index (χ4v) is 4.51. The molecule has 2 aromatic rings. The highest BCUT2D eigenvalue weighted by molar-refractivity contribution is 7.88. The highest BCUT2D eigenvalue weighted by Gasteiger charge is 2.29. The van der Waals surface area contributed by atoms with Crippen molar-refractivity contribution >= 4 is 48.3 Å². The monoisotopic (exact) mass is 384 g/mol. The number of fused-ring (bicyclic) bond motifs is 1. The first-order valence-corrected chi connectivity index (χ1v) is 10.2. The number of nitrogens with zero attached hydrogens (tertiary/aromatic N) is 3. The molecule has 0 bridgehead atoms. The largest absolute Gasteiger partial charge is 0.302 e. The van der Waals surface area contributed by atoms with Crippen LogP contribution in [0.25, 0.3) is 10.2 Å². The molecule has 1 aliphatic heterocycles. The van der Waals surface area contributed by atoms with Gasteiger partial charge in [0.25, 0.3) is 5.69 Å². The van der Waals surface area contributed by atoms with Crippen molar-refractivity contribution in [2.45, 2.75) is 12.8 Å². The van der Waals surface area contributed by atoms with Crippen LogP contribution < -0.4 is 5.32 Å². The number of aromatic nitrogens is 1. The number of hydrogen-bond acceptors (Lipinski definition) is 7. The lowest BCUT2D eigenvalue weighted by molar-refractivity contribution is -0.384. The Kier molecular flexibility index (Phi) is 4.71. The van der Waals surface area contributed by atoms with E-state index in [0.717, 1.165) is 6.26 Å². The van der Waals surface area contributed by atoms with Crippen LogP contribution in [0, 0.1) is 16.0 Å². The number of anilines is 1. The molecule has 11 heteroatoms. The average Bonchev–Trinajstić information content (AvgIpc) is 2.95. The van der Waals surface area contributed by atoms with Crippen LogP contribution in [-0.4, -0.2) is 47.9 Å². The summed E-state index contributed by atoms with van der Waals surface area (Å²) in [5.41, 5.74) is 0.556. The molecule has 1 N–H and O–H groups in total. The second kappa shape index (κ2) is 6.65. The van der Waals surface area contributed by atoms with Gasteiger partial charge in [0.2, 0.25) is 15.9 Å². The second-order valence-electron chi connectivity index (χ2n) is 5.85. The molecule has 0 spiro atoms. The van der Waals surface area contributed by atoms with E-state index in [4.69, 9.17) is 0 Å². The summed E-state index contributed by atoms with van der Waals surface area (Å²) in [4.78, 5) is 26.9. The third-order valence-corrected chi connectivity index (χ3v) is 6.34. The van der Waals surface area contributed by atoms with Gasteiger partial charge in [-0.25, -0.2) is 17.7 Å². The number of amides is 1. The van der Waals surface area contributed by atoms with Gasteiger partial charge in [0.1, 0.15) is 0 Å². The molecular formula is C14H16N4O5S2. The Balaban J connectivity index is 1.67. The first kappa shape index (κ1) is 17.7. The Bertz CT molecular complexity index is 932. The molecule has 0 atom stereocenters. The first-order chi connectivity index (χ1) is 11.7. The molecule has 3 rings (SSSR count). The predicted molar refractivity (Wildman–Crippen MR) is 94.0 cm³/mol. The number of piperidine rings is 1. The number of sulfonamides is 1. The molecular weight excluding hydrogens is 368 g/mol.